The number of amides is 1. The summed E-state index contributed by atoms with van der Waals surface area (Å²) in [5.74, 6) is 0.667. The van der Waals surface area contributed by atoms with Crippen LogP contribution in [0.3, 0.4) is 0 Å². The number of aromatic nitrogens is 1. The molecule has 0 radical (unpaired) electrons. The van der Waals surface area contributed by atoms with E-state index in [9.17, 15) is 4.79 Å². The highest BCUT2D eigenvalue weighted by molar-refractivity contribution is 5.93. The number of hydrogen-bond acceptors (Lipinski definition) is 4. The normalized spacial score (nSPS) is 16.2. The third kappa shape index (κ3) is 3.70. The predicted molar refractivity (Wildman–Crippen MR) is 81.1 cm³/mol. The molecule has 0 aromatic carbocycles. The highest BCUT2D eigenvalue weighted by Crippen LogP contribution is 2.23. The van der Waals surface area contributed by atoms with Crippen molar-refractivity contribution in [3.63, 3.8) is 0 Å². The Kier molecular flexibility index (Phi) is 5.35. The number of rotatable bonds is 5. The molecule has 5 nitrogen and oxygen atoms in total. The Bertz CT molecular complexity index is 441. The second-order valence-corrected chi connectivity index (χ2v) is 5.25. The van der Waals surface area contributed by atoms with Crippen LogP contribution >= 0.6 is 0 Å². The first-order chi connectivity index (χ1) is 9.74. The van der Waals surface area contributed by atoms with Crippen LogP contribution < -0.4 is 15.5 Å². The number of piperidine rings is 1. The van der Waals surface area contributed by atoms with E-state index >= 15 is 0 Å². The van der Waals surface area contributed by atoms with Gasteiger partial charge in [-0.15, -0.1) is 0 Å². The van der Waals surface area contributed by atoms with Gasteiger partial charge in [-0.2, -0.15) is 0 Å². The maximum absolute atomic E-state index is 11.8. The minimum Gasteiger partial charge on any atom is -0.371 e. The van der Waals surface area contributed by atoms with Gasteiger partial charge in [0.1, 0.15) is 5.69 Å². The van der Waals surface area contributed by atoms with Gasteiger partial charge in [-0.3, -0.25) is 9.78 Å². The molecule has 0 saturated carbocycles. The molecule has 0 aliphatic carbocycles. The van der Waals surface area contributed by atoms with Gasteiger partial charge in [-0.05, 0) is 51.4 Å². The van der Waals surface area contributed by atoms with E-state index in [4.69, 9.17) is 0 Å². The molecule has 0 unspecified atom stereocenters. The summed E-state index contributed by atoms with van der Waals surface area (Å²) in [5, 5.41) is 6.04. The Morgan fingerprint density at radius 1 is 1.45 bits per heavy atom. The van der Waals surface area contributed by atoms with Crippen molar-refractivity contribution in [1.82, 2.24) is 15.6 Å². The first-order valence-corrected chi connectivity index (χ1v) is 7.38. The van der Waals surface area contributed by atoms with Crippen LogP contribution in [0, 0.1) is 5.92 Å². The van der Waals surface area contributed by atoms with E-state index in [1.807, 2.05) is 26.1 Å². The fourth-order valence-electron chi connectivity index (χ4n) is 2.68. The lowest BCUT2D eigenvalue weighted by Crippen LogP contribution is -2.36. The van der Waals surface area contributed by atoms with Crippen LogP contribution in [-0.4, -0.2) is 44.1 Å². The Morgan fingerprint density at radius 2 is 2.20 bits per heavy atom. The van der Waals surface area contributed by atoms with Crippen molar-refractivity contribution in [3.05, 3.63) is 24.0 Å². The van der Waals surface area contributed by atoms with Crippen molar-refractivity contribution in [2.75, 3.05) is 38.1 Å². The molecule has 20 heavy (non-hydrogen) atoms. The molecule has 0 bridgehead atoms. The minimum atomic E-state index is -0.0978. The number of anilines is 1. The van der Waals surface area contributed by atoms with Crippen LogP contribution in [0.15, 0.2) is 18.3 Å². The third-order valence-electron chi connectivity index (χ3n) is 3.79. The van der Waals surface area contributed by atoms with E-state index < -0.39 is 0 Å². The predicted octanol–water partition coefficient (Wildman–Crippen LogP) is 1.27. The number of hydrogen-bond donors (Lipinski definition) is 2. The lowest BCUT2D eigenvalue weighted by molar-refractivity contribution is 0.0951. The summed E-state index contributed by atoms with van der Waals surface area (Å²) in [6.45, 7) is 5.72. The Hall–Kier alpha value is -1.62. The first kappa shape index (κ1) is 14.8. The number of nitrogens with one attached hydrogen (secondary N) is 2. The van der Waals surface area contributed by atoms with Gasteiger partial charge in [-0.1, -0.05) is 0 Å². The van der Waals surface area contributed by atoms with E-state index in [0.29, 0.717) is 12.2 Å². The molecule has 2 heterocycles. The van der Waals surface area contributed by atoms with Crippen LogP contribution in [0.4, 0.5) is 5.69 Å². The van der Waals surface area contributed by atoms with Crippen LogP contribution in [0.1, 0.15) is 30.3 Å². The molecule has 1 aliphatic rings. The zero-order valence-corrected chi connectivity index (χ0v) is 12.4. The number of carbonyl (C=O) groups excluding carboxylic acids is 1. The number of pyridine rings is 1. The molecule has 1 fully saturated rings. The van der Waals surface area contributed by atoms with Crippen LogP contribution in [0.5, 0.6) is 0 Å². The summed E-state index contributed by atoms with van der Waals surface area (Å²) in [6.07, 6.45) is 4.11. The zero-order chi connectivity index (χ0) is 14.4. The Morgan fingerprint density at radius 3 is 2.85 bits per heavy atom. The summed E-state index contributed by atoms with van der Waals surface area (Å²) < 4.78 is 0. The van der Waals surface area contributed by atoms with Crippen molar-refractivity contribution in [2.24, 2.45) is 5.92 Å². The van der Waals surface area contributed by atoms with Crippen LogP contribution in [-0.2, 0) is 0 Å². The Labute approximate surface area is 120 Å². The monoisotopic (exact) mass is 276 g/mol. The maximum Gasteiger partial charge on any atom is 0.269 e. The molecule has 1 aromatic rings. The molecule has 5 heteroatoms. The second-order valence-electron chi connectivity index (χ2n) is 5.25. The maximum atomic E-state index is 11.8. The topological polar surface area (TPSA) is 57.3 Å². The van der Waals surface area contributed by atoms with Crippen molar-refractivity contribution < 1.29 is 4.79 Å². The highest BCUT2D eigenvalue weighted by Gasteiger charge is 2.19. The summed E-state index contributed by atoms with van der Waals surface area (Å²) in [6, 6.07) is 3.88. The molecule has 0 spiro atoms. The van der Waals surface area contributed by atoms with E-state index in [1.54, 1.807) is 6.20 Å². The molecular formula is C15H24N4O. The molecule has 1 amide bonds. The van der Waals surface area contributed by atoms with Gasteiger partial charge in [0.05, 0.1) is 0 Å². The molecule has 1 aliphatic heterocycles. The fourth-order valence-corrected chi connectivity index (χ4v) is 2.68. The van der Waals surface area contributed by atoms with Gasteiger partial charge in [0.15, 0.2) is 0 Å². The lowest BCUT2D eigenvalue weighted by Gasteiger charge is -2.33. The Balaban J connectivity index is 1.99. The fraction of sp³-hybridized carbons (Fsp3) is 0.600. The van der Waals surface area contributed by atoms with E-state index in [1.165, 1.54) is 12.8 Å². The third-order valence-corrected chi connectivity index (χ3v) is 3.79. The minimum absolute atomic E-state index is 0.0978. The molecule has 0 atom stereocenters. The van der Waals surface area contributed by atoms with Crippen LogP contribution in [0.25, 0.3) is 0 Å². The molecular weight excluding hydrogens is 252 g/mol. The van der Waals surface area contributed by atoms with Crippen molar-refractivity contribution >= 4 is 11.6 Å². The summed E-state index contributed by atoms with van der Waals surface area (Å²) in [7, 11) is 2.01. The number of nitrogens with zero attached hydrogens (tertiary/aromatic N) is 2. The molecule has 110 valence electrons. The van der Waals surface area contributed by atoms with Crippen molar-refractivity contribution in [1.29, 1.82) is 0 Å². The first-order valence-electron chi connectivity index (χ1n) is 7.38. The van der Waals surface area contributed by atoms with E-state index in [-0.39, 0.29) is 5.91 Å². The largest absolute Gasteiger partial charge is 0.371 e. The smallest absolute Gasteiger partial charge is 0.269 e. The van der Waals surface area contributed by atoms with Gasteiger partial charge >= 0.3 is 0 Å². The van der Waals surface area contributed by atoms with E-state index in [0.717, 1.165) is 31.2 Å². The van der Waals surface area contributed by atoms with Gasteiger partial charge in [0.25, 0.3) is 5.91 Å². The molecule has 2 rings (SSSR count). The summed E-state index contributed by atoms with van der Waals surface area (Å²) in [5.41, 5.74) is 1.60. The van der Waals surface area contributed by atoms with Gasteiger partial charge in [0.2, 0.25) is 0 Å². The van der Waals surface area contributed by atoms with Gasteiger partial charge < -0.3 is 15.5 Å². The standard InChI is InChI=1S/C15H24N4O/c1-3-17-15(20)14-10-13(4-7-18-14)19-8-5-12(6-9-19)11-16-2/h4,7,10,12,16H,3,5-6,8-9,11H2,1-2H3,(H,17,20). The summed E-state index contributed by atoms with van der Waals surface area (Å²) >= 11 is 0. The average Bonchev–Trinajstić information content (AvgIpc) is 2.49. The number of carbonyl (C=O) groups is 1. The quantitative estimate of drug-likeness (QED) is 0.850. The van der Waals surface area contributed by atoms with Crippen molar-refractivity contribution in [2.45, 2.75) is 19.8 Å². The average molecular weight is 276 g/mol. The van der Waals surface area contributed by atoms with Gasteiger partial charge in [0, 0.05) is 31.5 Å². The summed E-state index contributed by atoms with van der Waals surface area (Å²) in [4.78, 5) is 18.3. The SMILES string of the molecule is CCNC(=O)c1cc(N2CCC(CNC)CC2)ccn1. The highest BCUT2D eigenvalue weighted by atomic mass is 16.1. The lowest BCUT2D eigenvalue weighted by atomic mass is 9.96. The molecule has 1 aromatic heterocycles. The van der Waals surface area contributed by atoms with Crippen LogP contribution in [0.2, 0.25) is 0 Å². The van der Waals surface area contributed by atoms with Crippen molar-refractivity contribution in [3.8, 4) is 0 Å². The second kappa shape index (κ2) is 7.24. The molecule has 2 N–H and O–H groups in total. The van der Waals surface area contributed by atoms with Gasteiger partial charge in [-0.25, -0.2) is 0 Å². The van der Waals surface area contributed by atoms with E-state index in [2.05, 4.69) is 20.5 Å². The zero-order valence-electron chi connectivity index (χ0n) is 12.4. The molecule has 1 saturated heterocycles.